The molecule has 0 saturated carbocycles. The maximum absolute atomic E-state index is 13.2. The van der Waals surface area contributed by atoms with Crippen molar-refractivity contribution in [1.82, 2.24) is 4.90 Å². The van der Waals surface area contributed by atoms with Gasteiger partial charge in [-0.25, -0.2) is 0 Å². The van der Waals surface area contributed by atoms with E-state index in [0.717, 1.165) is 0 Å². The predicted molar refractivity (Wildman–Crippen MR) is 113 cm³/mol. The number of hydrogen-bond acceptors (Lipinski definition) is 5. The average Bonchev–Trinajstić information content (AvgIpc) is 2.68. The number of para-hydroxylation sites is 1. The number of carbonyl (C=O) groups excluding carboxylic acids is 1. The van der Waals surface area contributed by atoms with Gasteiger partial charge in [-0.1, -0.05) is 42.5 Å². The van der Waals surface area contributed by atoms with Crippen molar-refractivity contribution in [1.29, 1.82) is 0 Å². The topological polar surface area (TPSA) is 71.8 Å². The van der Waals surface area contributed by atoms with E-state index in [-0.39, 0.29) is 36.0 Å². The van der Waals surface area contributed by atoms with Gasteiger partial charge in [-0.2, -0.15) is 0 Å². The molecule has 1 saturated heterocycles. The van der Waals surface area contributed by atoms with Gasteiger partial charge < -0.3 is 9.15 Å². The van der Waals surface area contributed by atoms with Gasteiger partial charge in [0.25, 0.3) is 0 Å². The zero-order chi connectivity index (χ0) is 20.4. The van der Waals surface area contributed by atoms with Gasteiger partial charge in [-0.05, 0) is 31.5 Å². The molecule has 0 aliphatic carbocycles. The van der Waals surface area contributed by atoms with E-state index in [1.54, 1.807) is 24.3 Å². The zero-order valence-electron chi connectivity index (χ0n) is 16.6. The van der Waals surface area contributed by atoms with Crippen LogP contribution in [0.15, 0.2) is 63.8 Å². The number of morpholine rings is 1. The van der Waals surface area contributed by atoms with Gasteiger partial charge in [0.2, 0.25) is 17.2 Å². The number of carbonyl (C=O) groups is 1. The number of rotatable bonds is 4. The highest BCUT2D eigenvalue weighted by Gasteiger charge is 2.25. The van der Waals surface area contributed by atoms with E-state index in [2.05, 4.69) is 10.2 Å². The Bertz CT molecular complexity index is 1070. The molecular weight excluding hydrogens is 368 g/mol. The smallest absolute Gasteiger partial charge is 0.240 e. The van der Waals surface area contributed by atoms with Gasteiger partial charge in [-0.15, -0.1) is 0 Å². The molecule has 1 fully saturated rings. The summed E-state index contributed by atoms with van der Waals surface area (Å²) < 4.78 is 11.7. The first kappa shape index (κ1) is 19.4. The van der Waals surface area contributed by atoms with E-state index >= 15 is 0 Å². The molecule has 6 heteroatoms. The molecule has 150 valence electrons. The van der Waals surface area contributed by atoms with Crippen molar-refractivity contribution in [3.8, 4) is 11.1 Å². The highest BCUT2D eigenvalue weighted by molar-refractivity contribution is 5.97. The number of ether oxygens (including phenoxy) is 1. The molecule has 2 aromatic carbocycles. The quantitative estimate of drug-likeness (QED) is 0.736. The normalized spacial score (nSPS) is 19.9. The lowest BCUT2D eigenvalue weighted by molar-refractivity contribution is -0.121. The van der Waals surface area contributed by atoms with Crippen LogP contribution in [-0.2, 0) is 9.53 Å². The van der Waals surface area contributed by atoms with Crippen molar-refractivity contribution in [3.05, 3.63) is 64.8 Å². The number of hydrogen-bond donors (Lipinski definition) is 1. The highest BCUT2D eigenvalue weighted by Crippen LogP contribution is 2.28. The van der Waals surface area contributed by atoms with Gasteiger partial charge in [0.1, 0.15) is 5.58 Å². The molecule has 1 aliphatic rings. The summed E-state index contributed by atoms with van der Waals surface area (Å²) in [4.78, 5) is 28.0. The van der Waals surface area contributed by atoms with Crippen molar-refractivity contribution >= 4 is 22.8 Å². The Morgan fingerprint density at radius 3 is 2.41 bits per heavy atom. The number of benzene rings is 2. The van der Waals surface area contributed by atoms with Gasteiger partial charge in [-0.3, -0.25) is 19.8 Å². The number of nitrogens with one attached hydrogen (secondary N) is 1. The molecule has 0 unspecified atom stereocenters. The van der Waals surface area contributed by atoms with Gasteiger partial charge >= 0.3 is 0 Å². The van der Waals surface area contributed by atoms with Crippen LogP contribution in [0.2, 0.25) is 0 Å². The lowest BCUT2D eigenvalue weighted by Crippen LogP contribution is -2.48. The zero-order valence-corrected chi connectivity index (χ0v) is 16.6. The molecule has 2 heterocycles. The first-order chi connectivity index (χ1) is 14.0. The monoisotopic (exact) mass is 392 g/mol. The van der Waals surface area contributed by atoms with Crippen LogP contribution in [0.25, 0.3) is 22.1 Å². The van der Waals surface area contributed by atoms with Crippen LogP contribution in [0.3, 0.4) is 0 Å². The number of fused-ring (bicyclic) bond motifs is 1. The van der Waals surface area contributed by atoms with Gasteiger partial charge in [0.15, 0.2) is 0 Å². The van der Waals surface area contributed by atoms with Crippen molar-refractivity contribution < 1.29 is 13.9 Å². The molecule has 3 aromatic rings. The second kappa shape index (κ2) is 8.19. The molecule has 1 amide bonds. The Labute approximate surface area is 169 Å². The van der Waals surface area contributed by atoms with Gasteiger partial charge in [0.05, 0.1) is 29.7 Å². The third-order valence-corrected chi connectivity index (χ3v) is 4.98. The molecule has 0 spiro atoms. The number of nitrogens with zero attached hydrogens (tertiary/aromatic N) is 1. The lowest BCUT2D eigenvalue weighted by Gasteiger charge is -2.34. The summed E-state index contributed by atoms with van der Waals surface area (Å²) in [5.41, 5.74) is 1.35. The fourth-order valence-corrected chi connectivity index (χ4v) is 3.88. The van der Waals surface area contributed by atoms with E-state index in [9.17, 15) is 9.59 Å². The highest BCUT2D eigenvalue weighted by atomic mass is 16.5. The summed E-state index contributed by atoms with van der Waals surface area (Å²) in [6.45, 7) is 5.58. The summed E-state index contributed by atoms with van der Waals surface area (Å²) in [6, 6.07) is 16.3. The minimum absolute atomic E-state index is 0.0741. The molecule has 1 N–H and O–H groups in total. The Morgan fingerprint density at radius 1 is 1.03 bits per heavy atom. The van der Waals surface area contributed by atoms with E-state index in [0.29, 0.717) is 35.2 Å². The van der Waals surface area contributed by atoms with Crippen LogP contribution >= 0.6 is 0 Å². The summed E-state index contributed by atoms with van der Waals surface area (Å²) in [7, 11) is 0. The summed E-state index contributed by atoms with van der Waals surface area (Å²) in [5, 5.41) is 3.32. The molecule has 0 radical (unpaired) electrons. The lowest BCUT2D eigenvalue weighted by atomic mass is 10.0. The predicted octanol–water partition coefficient (Wildman–Crippen LogP) is 3.51. The Balaban J connectivity index is 1.67. The first-order valence-electron chi connectivity index (χ1n) is 9.80. The van der Waals surface area contributed by atoms with Crippen LogP contribution in [-0.4, -0.2) is 42.6 Å². The minimum atomic E-state index is -0.220. The second-order valence-corrected chi connectivity index (χ2v) is 7.50. The summed E-state index contributed by atoms with van der Waals surface area (Å²) in [6.07, 6.45) is 0.148. The molecule has 6 nitrogen and oxygen atoms in total. The maximum Gasteiger partial charge on any atom is 0.240 e. The van der Waals surface area contributed by atoms with Crippen LogP contribution in [0.1, 0.15) is 13.8 Å². The second-order valence-electron chi connectivity index (χ2n) is 7.50. The third kappa shape index (κ3) is 4.23. The summed E-state index contributed by atoms with van der Waals surface area (Å²) >= 11 is 0. The molecule has 4 rings (SSSR count). The van der Waals surface area contributed by atoms with Crippen LogP contribution in [0.5, 0.6) is 0 Å². The van der Waals surface area contributed by atoms with E-state index < -0.39 is 0 Å². The molecular formula is C23H24N2O4. The molecule has 29 heavy (non-hydrogen) atoms. The van der Waals surface area contributed by atoms with Crippen LogP contribution < -0.4 is 10.7 Å². The number of amides is 1. The molecule has 2 atom stereocenters. The van der Waals surface area contributed by atoms with Crippen molar-refractivity contribution in [2.45, 2.75) is 26.1 Å². The van der Waals surface area contributed by atoms with E-state index in [4.69, 9.17) is 9.15 Å². The van der Waals surface area contributed by atoms with Gasteiger partial charge in [0, 0.05) is 13.1 Å². The van der Waals surface area contributed by atoms with Crippen LogP contribution in [0.4, 0.5) is 5.88 Å². The standard InChI is InChI=1S/C23H24N2O4/c1-15-12-25(13-16(2)28-15)14-20(26)24-23-21(17-8-4-3-5-9-17)22(27)18-10-6-7-11-19(18)29-23/h3-11,15-16H,12-14H2,1-2H3,(H,24,26)/t15-,16-/m1/s1. The first-order valence-corrected chi connectivity index (χ1v) is 9.80. The van der Waals surface area contributed by atoms with Crippen LogP contribution in [0, 0.1) is 0 Å². The summed E-state index contributed by atoms with van der Waals surface area (Å²) in [5.74, 6) is -0.0406. The minimum Gasteiger partial charge on any atom is -0.439 e. The Kier molecular flexibility index (Phi) is 5.47. The van der Waals surface area contributed by atoms with Crippen molar-refractivity contribution in [3.63, 3.8) is 0 Å². The average molecular weight is 392 g/mol. The maximum atomic E-state index is 13.2. The van der Waals surface area contributed by atoms with E-state index in [1.807, 2.05) is 44.2 Å². The fourth-order valence-electron chi connectivity index (χ4n) is 3.88. The van der Waals surface area contributed by atoms with Crippen molar-refractivity contribution in [2.75, 3.05) is 25.0 Å². The third-order valence-electron chi connectivity index (χ3n) is 4.98. The fraction of sp³-hybridized carbons (Fsp3) is 0.304. The number of anilines is 1. The Morgan fingerprint density at radius 2 is 1.69 bits per heavy atom. The largest absolute Gasteiger partial charge is 0.439 e. The SMILES string of the molecule is C[C@@H]1CN(CC(=O)Nc2oc3ccccc3c(=O)c2-c2ccccc2)C[C@@H](C)O1. The molecule has 1 aromatic heterocycles. The molecule has 1 aliphatic heterocycles. The van der Waals surface area contributed by atoms with E-state index in [1.165, 1.54) is 0 Å². The Hall–Kier alpha value is -2.96. The van der Waals surface area contributed by atoms with Crippen molar-refractivity contribution in [2.24, 2.45) is 0 Å². The molecule has 0 bridgehead atoms.